The molecule has 0 aromatic heterocycles. The Bertz CT molecular complexity index is 604. The molecule has 1 aromatic carbocycles. The summed E-state index contributed by atoms with van der Waals surface area (Å²) < 4.78 is 42.7. The van der Waals surface area contributed by atoms with Crippen LogP contribution in [0.4, 0.5) is 13.2 Å². The Labute approximate surface area is 118 Å². The summed E-state index contributed by atoms with van der Waals surface area (Å²) >= 11 is 0. The molecular weight excluding hydrogens is 287 g/mol. The van der Waals surface area contributed by atoms with Gasteiger partial charge in [-0.3, -0.25) is 4.79 Å². The van der Waals surface area contributed by atoms with Crippen molar-refractivity contribution in [1.82, 2.24) is 4.90 Å². The Morgan fingerprint density at radius 2 is 1.81 bits per heavy atom. The number of likely N-dealkylation sites (tertiary alicyclic amines) is 1. The molecule has 7 heteroatoms. The van der Waals surface area contributed by atoms with E-state index in [2.05, 4.69) is 0 Å². The number of piperidine rings is 1. The van der Waals surface area contributed by atoms with E-state index in [1.54, 1.807) is 24.3 Å². The van der Waals surface area contributed by atoms with Gasteiger partial charge < -0.3 is 9.64 Å². The zero-order valence-electron chi connectivity index (χ0n) is 10.9. The monoisotopic (exact) mass is 299 g/mol. The van der Waals surface area contributed by atoms with E-state index in [9.17, 15) is 22.8 Å². The van der Waals surface area contributed by atoms with Crippen LogP contribution in [0.25, 0.3) is 0 Å². The molecule has 3 rings (SSSR count). The van der Waals surface area contributed by atoms with Crippen LogP contribution in [0.15, 0.2) is 24.3 Å². The van der Waals surface area contributed by atoms with E-state index >= 15 is 0 Å². The lowest BCUT2D eigenvalue weighted by Gasteiger charge is -2.38. The van der Waals surface area contributed by atoms with Crippen LogP contribution in [0, 0.1) is 0 Å². The van der Waals surface area contributed by atoms with Crippen LogP contribution in [0.1, 0.15) is 28.8 Å². The third kappa shape index (κ3) is 2.16. The molecular formula is C14H12F3NO3. The first-order chi connectivity index (χ1) is 9.83. The summed E-state index contributed by atoms with van der Waals surface area (Å²) in [5, 5.41) is 0. The fourth-order valence-corrected chi connectivity index (χ4v) is 2.97. The topological polar surface area (TPSA) is 46.6 Å². The van der Waals surface area contributed by atoms with Crippen molar-refractivity contribution in [3.8, 4) is 0 Å². The highest BCUT2D eigenvalue weighted by Gasteiger charge is 2.50. The molecule has 1 fully saturated rings. The van der Waals surface area contributed by atoms with Gasteiger partial charge in [0, 0.05) is 31.5 Å². The minimum absolute atomic E-state index is 0.0834. The number of benzene rings is 1. The summed E-state index contributed by atoms with van der Waals surface area (Å²) in [6, 6.07) is 6.86. The average molecular weight is 299 g/mol. The van der Waals surface area contributed by atoms with Crippen LogP contribution in [-0.4, -0.2) is 36.0 Å². The average Bonchev–Trinajstić information content (AvgIpc) is 2.72. The summed E-state index contributed by atoms with van der Waals surface area (Å²) in [7, 11) is 0. The van der Waals surface area contributed by atoms with Crippen molar-refractivity contribution < 1.29 is 27.5 Å². The van der Waals surface area contributed by atoms with Crippen LogP contribution >= 0.6 is 0 Å². The lowest BCUT2D eigenvalue weighted by molar-refractivity contribution is -0.188. The van der Waals surface area contributed by atoms with Crippen molar-refractivity contribution in [3.05, 3.63) is 35.4 Å². The predicted molar refractivity (Wildman–Crippen MR) is 65.4 cm³/mol. The van der Waals surface area contributed by atoms with Gasteiger partial charge in [-0.2, -0.15) is 13.2 Å². The Balaban J connectivity index is 1.81. The van der Waals surface area contributed by atoms with Gasteiger partial charge in [0.05, 0.1) is 5.56 Å². The Kier molecular flexibility index (Phi) is 2.96. The number of hydrogen-bond donors (Lipinski definition) is 0. The number of nitrogens with zero attached hydrogens (tertiary/aromatic N) is 1. The molecule has 1 spiro atoms. The molecule has 1 aromatic rings. The van der Waals surface area contributed by atoms with Gasteiger partial charge in [-0.15, -0.1) is 0 Å². The summed E-state index contributed by atoms with van der Waals surface area (Å²) in [5.41, 5.74) is 0.262. The highest BCUT2D eigenvalue weighted by molar-refractivity contribution is 5.94. The quantitative estimate of drug-likeness (QED) is 0.690. The first-order valence-corrected chi connectivity index (χ1v) is 6.52. The molecule has 0 N–H and O–H groups in total. The van der Waals surface area contributed by atoms with Gasteiger partial charge in [-0.05, 0) is 6.07 Å². The molecule has 21 heavy (non-hydrogen) atoms. The zero-order chi connectivity index (χ0) is 15.3. The third-order valence-electron chi connectivity index (χ3n) is 4.03. The van der Waals surface area contributed by atoms with Gasteiger partial charge in [-0.25, -0.2) is 4.79 Å². The van der Waals surface area contributed by atoms with E-state index in [1.165, 1.54) is 0 Å². The van der Waals surface area contributed by atoms with Crippen molar-refractivity contribution in [2.45, 2.75) is 24.6 Å². The minimum atomic E-state index is -4.87. The fourth-order valence-electron chi connectivity index (χ4n) is 2.97. The molecule has 112 valence electrons. The maximum Gasteiger partial charge on any atom is 0.471 e. The standard InChI is InChI=1S/C14H12F3NO3/c15-14(16,17)12(20)18-7-5-13(6-8-18)10-4-2-1-3-9(10)11(19)21-13/h1-4H,5-8H2. The number of halogens is 3. The van der Waals surface area contributed by atoms with Crippen LogP contribution in [-0.2, 0) is 15.1 Å². The Morgan fingerprint density at radius 1 is 1.19 bits per heavy atom. The Hall–Kier alpha value is -2.05. The molecule has 1 saturated heterocycles. The number of rotatable bonds is 0. The van der Waals surface area contributed by atoms with E-state index in [-0.39, 0.29) is 25.9 Å². The van der Waals surface area contributed by atoms with Crippen molar-refractivity contribution >= 4 is 11.9 Å². The number of hydrogen-bond acceptors (Lipinski definition) is 3. The second-order valence-electron chi connectivity index (χ2n) is 5.22. The van der Waals surface area contributed by atoms with Crippen LogP contribution in [0.2, 0.25) is 0 Å². The van der Waals surface area contributed by atoms with Crippen molar-refractivity contribution in [1.29, 1.82) is 0 Å². The van der Waals surface area contributed by atoms with Gasteiger partial charge in [0.1, 0.15) is 5.60 Å². The van der Waals surface area contributed by atoms with Gasteiger partial charge >= 0.3 is 18.1 Å². The summed E-state index contributed by atoms with van der Waals surface area (Å²) in [5.74, 6) is -2.30. The third-order valence-corrected chi connectivity index (χ3v) is 4.03. The molecule has 0 aliphatic carbocycles. The van der Waals surface area contributed by atoms with Gasteiger partial charge in [0.15, 0.2) is 0 Å². The summed E-state index contributed by atoms with van der Waals surface area (Å²) in [4.78, 5) is 23.8. The van der Waals surface area contributed by atoms with Gasteiger partial charge in [0.2, 0.25) is 0 Å². The number of amides is 1. The van der Waals surface area contributed by atoms with Gasteiger partial charge in [-0.1, -0.05) is 18.2 Å². The van der Waals surface area contributed by atoms with Crippen LogP contribution < -0.4 is 0 Å². The van der Waals surface area contributed by atoms with Crippen molar-refractivity contribution in [3.63, 3.8) is 0 Å². The number of carbonyl (C=O) groups excluding carboxylic acids is 2. The number of esters is 1. The van der Waals surface area contributed by atoms with E-state index in [0.717, 1.165) is 4.90 Å². The molecule has 4 nitrogen and oxygen atoms in total. The largest absolute Gasteiger partial charge is 0.471 e. The molecule has 2 heterocycles. The van der Waals surface area contributed by atoms with Crippen molar-refractivity contribution in [2.24, 2.45) is 0 Å². The van der Waals surface area contributed by atoms with E-state index in [4.69, 9.17) is 4.74 Å². The van der Waals surface area contributed by atoms with Crippen LogP contribution in [0.3, 0.4) is 0 Å². The lowest BCUT2D eigenvalue weighted by Crippen LogP contribution is -2.49. The Morgan fingerprint density at radius 3 is 2.43 bits per heavy atom. The second kappa shape index (κ2) is 4.47. The van der Waals surface area contributed by atoms with Gasteiger partial charge in [0.25, 0.3) is 0 Å². The summed E-state index contributed by atoms with van der Waals surface area (Å²) in [6.07, 6.45) is -4.51. The first kappa shape index (κ1) is 13.9. The second-order valence-corrected chi connectivity index (χ2v) is 5.22. The number of ether oxygens (including phenoxy) is 1. The molecule has 0 unspecified atom stereocenters. The molecule has 0 saturated carbocycles. The fraction of sp³-hybridized carbons (Fsp3) is 0.429. The molecule has 1 amide bonds. The first-order valence-electron chi connectivity index (χ1n) is 6.52. The maximum atomic E-state index is 12.4. The number of carbonyl (C=O) groups is 2. The van der Waals surface area contributed by atoms with E-state index in [1.807, 2.05) is 0 Å². The highest BCUT2D eigenvalue weighted by atomic mass is 19.4. The molecule has 0 radical (unpaired) electrons. The smallest absolute Gasteiger partial charge is 0.450 e. The lowest BCUT2D eigenvalue weighted by atomic mass is 9.84. The van der Waals surface area contributed by atoms with E-state index in [0.29, 0.717) is 11.1 Å². The molecule has 0 atom stereocenters. The maximum absolute atomic E-state index is 12.4. The predicted octanol–water partition coefficient (Wildman–Crippen LogP) is 2.24. The molecule has 0 bridgehead atoms. The van der Waals surface area contributed by atoms with Crippen LogP contribution in [0.5, 0.6) is 0 Å². The van der Waals surface area contributed by atoms with E-state index < -0.39 is 23.7 Å². The molecule has 2 aliphatic rings. The minimum Gasteiger partial charge on any atom is -0.450 e. The number of fused-ring (bicyclic) bond motifs is 2. The van der Waals surface area contributed by atoms with Crippen molar-refractivity contribution in [2.75, 3.05) is 13.1 Å². The summed E-state index contributed by atoms with van der Waals surface area (Å²) in [6.45, 7) is -0.167. The highest BCUT2D eigenvalue weighted by Crippen LogP contribution is 2.44. The zero-order valence-corrected chi connectivity index (χ0v) is 10.9. The normalized spacial score (nSPS) is 20.3. The SMILES string of the molecule is O=C1OC2(CCN(C(=O)C(F)(F)F)CC2)c2ccccc21. The number of alkyl halides is 3. The molecule has 2 aliphatic heterocycles.